The lowest BCUT2D eigenvalue weighted by Gasteiger charge is -2.07. The molecule has 0 unspecified atom stereocenters. The number of hydrogen-bond acceptors (Lipinski definition) is 4. The molecule has 0 aromatic heterocycles. The third kappa shape index (κ3) is 2.81. The Morgan fingerprint density at radius 1 is 0.591 bits per heavy atom. The Labute approximate surface area is 128 Å². The average molecular weight is 290 g/mol. The van der Waals surface area contributed by atoms with E-state index >= 15 is 0 Å². The Bertz CT molecular complexity index is 814. The summed E-state index contributed by atoms with van der Waals surface area (Å²) in [4.78, 5) is 0. The number of para-hydroxylation sites is 1. The highest BCUT2D eigenvalue weighted by Gasteiger charge is 2.09. The van der Waals surface area contributed by atoms with Crippen molar-refractivity contribution < 1.29 is 10.2 Å². The third-order valence-electron chi connectivity index (χ3n) is 3.24. The van der Waals surface area contributed by atoms with Gasteiger partial charge in [-0.15, -0.1) is 10.2 Å². The Hall–Kier alpha value is -3.14. The fourth-order valence-electron chi connectivity index (χ4n) is 2.14. The van der Waals surface area contributed by atoms with E-state index in [1.165, 1.54) is 6.07 Å². The number of phenols is 2. The number of azo groups is 1. The minimum Gasteiger partial charge on any atom is -0.506 e. The number of phenolic OH excluding ortho intramolecular Hbond substituents is 2. The SMILES string of the molecule is Oc1ccccc1N=Nc1c(O)cccc1-c1ccccc1. The van der Waals surface area contributed by atoms with Crippen molar-refractivity contribution in [3.05, 3.63) is 72.8 Å². The molecule has 2 N–H and O–H groups in total. The van der Waals surface area contributed by atoms with Gasteiger partial charge in [0.25, 0.3) is 0 Å². The Kier molecular flexibility index (Phi) is 3.83. The lowest BCUT2D eigenvalue weighted by molar-refractivity contribution is 0.474. The van der Waals surface area contributed by atoms with Gasteiger partial charge in [0.2, 0.25) is 0 Å². The van der Waals surface area contributed by atoms with Gasteiger partial charge in [0.15, 0.2) is 0 Å². The summed E-state index contributed by atoms with van der Waals surface area (Å²) in [5.41, 5.74) is 2.44. The highest BCUT2D eigenvalue weighted by atomic mass is 16.3. The van der Waals surface area contributed by atoms with Crippen LogP contribution in [0.3, 0.4) is 0 Å². The molecule has 108 valence electrons. The van der Waals surface area contributed by atoms with E-state index in [-0.39, 0.29) is 11.5 Å². The second-order valence-electron chi connectivity index (χ2n) is 4.73. The number of benzene rings is 3. The van der Waals surface area contributed by atoms with Gasteiger partial charge in [0, 0.05) is 5.56 Å². The Morgan fingerprint density at radius 2 is 1.27 bits per heavy atom. The van der Waals surface area contributed by atoms with E-state index in [1.807, 2.05) is 36.4 Å². The first kappa shape index (κ1) is 13.8. The summed E-state index contributed by atoms with van der Waals surface area (Å²) >= 11 is 0. The first-order chi connectivity index (χ1) is 10.8. The zero-order valence-corrected chi connectivity index (χ0v) is 11.7. The van der Waals surface area contributed by atoms with Crippen molar-refractivity contribution in [3.8, 4) is 22.6 Å². The summed E-state index contributed by atoms with van der Waals surface area (Å²) < 4.78 is 0. The molecule has 0 saturated carbocycles. The minimum atomic E-state index is 0.0422. The molecule has 3 aromatic carbocycles. The van der Waals surface area contributed by atoms with Crippen molar-refractivity contribution in [1.82, 2.24) is 0 Å². The van der Waals surface area contributed by atoms with Crippen molar-refractivity contribution in [2.24, 2.45) is 10.2 Å². The molecule has 0 amide bonds. The maximum atomic E-state index is 10.1. The van der Waals surface area contributed by atoms with Crippen molar-refractivity contribution in [2.45, 2.75) is 0 Å². The maximum Gasteiger partial charge on any atom is 0.143 e. The molecule has 3 rings (SSSR count). The molecule has 0 bridgehead atoms. The largest absolute Gasteiger partial charge is 0.506 e. The molecule has 0 saturated heterocycles. The molecule has 0 heterocycles. The van der Waals surface area contributed by atoms with Crippen molar-refractivity contribution in [2.75, 3.05) is 0 Å². The van der Waals surface area contributed by atoms with Gasteiger partial charge in [0.05, 0.1) is 0 Å². The number of aromatic hydroxyl groups is 2. The summed E-state index contributed by atoms with van der Waals surface area (Å²) in [5, 5.41) is 28.0. The molecule has 0 aliphatic rings. The number of rotatable bonds is 3. The molecule has 22 heavy (non-hydrogen) atoms. The highest BCUT2D eigenvalue weighted by molar-refractivity contribution is 5.79. The monoisotopic (exact) mass is 290 g/mol. The van der Waals surface area contributed by atoms with Crippen LogP contribution < -0.4 is 0 Å². The zero-order chi connectivity index (χ0) is 15.4. The van der Waals surface area contributed by atoms with Gasteiger partial charge in [-0.1, -0.05) is 54.6 Å². The summed E-state index contributed by atoms with van der Waals surface area (Å²) in [5.74, 6) is 0.0865. The van der Waals surface area contributed by atoms with Crippen LogP contribution >= 0.6 is 0 Å². The second kappa shape index (κ2) is 6.10. The molecule has 3 aromatic rings. The molecule has 4 nitrogen and oxygen atoms in total. The molecule has 0 aliphatic heterocycles. The van der Waals surface area contributed by atoms with Gasteiger partial charge in [-0.3, -0.25) is 0 Å². The lowest BCUT2D eigenvalue weighted by Crippen LogP contribution is -1.79. The molecule has 0 radical (unpaired) electrons. The van der Waals surface area contributed by atoms with Crippen molar-refractivity contribution in [3.63, 3.8) is 0 Å². The Morgan fingerprint density at radius 3 is 2.05 bits per heavy atom. The molecular formula is C18H14N2O2. The van der Waals surface area contributed by atoms with Gasteiger partial charge in [-0.2, -0.15) is 0 Å². The standard InChI is InChI=1S/C18H14N2O2/c21-16-11-5-4-10-15(16)19-20-18-14(9-6-12-17(18)22)13-7-2-1-3-8-13/h1-12,21-22H. The first-order valence-electron chi connectivity index (χ1n) is 6.83. The van der Waals surface area contributed by atoms with Gasteiger partial charge >= 0.3 is 0 Å². The average Bonchev–Trinajstić information content (AvgIpc) is 2.56. The van der Waals surface area contributed by atoms with Crippen molar-refractivity contribution >= 4 is 11.4 Å². The molecule has 0 aliphatic carbocycles. The van der Waals surface area contributed by atoms with E-state index in [4.69, 9.17) is 0 Å². The van der Waals surface area contributed by atoms with Gasteiger partial charge in [-0.25, -0.2) is 0 Å². The summed E-state index contributed by atoms with van der Waals surface area (Å²) in [6.07, 6.45) is 0. The highest BCUT2D eigenvalue weighted by Crippen LogP contribution is 2.39. The smallest absolute Gasteiger partial charge is 0.143 e. The minimum absolute atomic E-state index is 0.0422. The van der Waals surface area contributed by atoms with Gasteiger partial charge in [-0.05, 0) is 23.8 Å². The first-order valence-corrected chi connectivity index (χ1v) is 6.83. The van der Waals surface area contributed by atoms with Crippen LogP contribution in [0.5, 0.6) is 11.5 Å². The molecule has 0 atom stereocenters. The fourth-order valence-corrected chi connectivity index (χ4v) is 2.14. The van der Waals surface area contributed by atoms with Crippen LogP contribution in [-0.4, -0.2) is 10.2 Å². The van der Waals surface area contributed by atoms with Crippen LogP contribution in [0.2, 0.25) is 0 Å². The topological polar surface area (TPSA) is 65.2 Å². The third-order valence-corrected chi connectivity index (χ3v) is 3.24. The van der Waals surface area contributed by atoms with Crippen LogP contribution in [0, 0.1) is 0 Å². The second-order valence-corrected chi connectivity index (χ2v) is 4.73. The fraction of sp³-hybridized carbons (Fsp3) is 0. The predicted octanol–water partition coefficient (Wildman–Crippen LogP) is 5.18. The molecular weight excluding hydrogens is 276 g/mol. The van der Waals surface area contributed by atoms with E-state index in [0.29, 0.717) is 11.4 Å². The van der Waals surface area contributed by atoms with Crippen LogP contribution in [0.4, 0.5) is 11.4 Å². The maximum absolute atomic E-state index is 10.1. The molecule has 0 spiro atoms. The lowest BCUT2D eigenvalue weighted by atomic mass is 10.0. The summed E-state index contributed by atoms with van der Waals surface area (Å²) in [6.45, 7) is 0. The van der Waals surface area contributed by atoms with E-state index in [1.54, 1.807) is 30.3 Å². The van der Waals surface area contributed by atoms with Gasteiger partial charge < -0.3 is 10.2 Å². The van der Waals surface area contributed by atoms with E-state index in [0.717, 1.165) is 11.1 Å². The molecule has 4 heteroatoms. The van der Waals surface area contributed by atoms with Crippen molar-refractivity contribution in [1.29, 1.82) is 0 Å². The van der Waals surface area contributed by atoms with Crippen LogP contribution in [0.15, 0.2) is 83.0 Å². The predicted molar refractivity (Wildman–Crippen MR) is 85.8 cm³/mol. The molecule has 0 fully saturated rings. The summed E-state index contributed by atoms with van der Waals surface area (Å²) in [7, 11) is 0. The number of hydrogen-bond donors (Lipinski definition) is 2. The van der Waals surface area contributed by atoms with E-state index in [2.05, 4.69) is 10.2 Å². The van der Waals surface area contributed by atoms with Crippen LogP contribution in [0.1, 0.15) is 0 Å². The normalized spacial score (nSPS) is 10.9. The van der Waals surface area contributed by atoms with Crippen LogP contribution in [-0.2, 0) is 0 Å². The number of nitrogens with zero attached hydrogens (tertiary/aromatic N) is 2. The Balaban J connectivity index is 2.06. The quantitative estimate of drug-likeness (QED) is 0.653. The van der Waals surface area contributed by atoms with Crippen LogP contribution in [0.25, 0.3) is 11.1 Å². The zero-order valence-electron chi connectivity index (χ0n) is 11.7. The van der Waals surface area contributed by atoms with Gasteiger partial charge in [0.1, 0.15) is 22.9 Å². The summed E-state index contributed by atoms with van der Waals surface area (Å²) in [6, 6.07) is 21.5. The van der Waals surface area contributed by atoms with E-state index < -0.39 is 0 Å². The van der Waals surface area contributed by atoms with E-state index in [9.17, 15) is 10.2 Å².